The van der Waals surface area contributed by atoms with Crippen molar-refractivity contribution < 1.29 is 14.3 Å². The highest BCUT2D eigenvalue weighted by Crippen LogP contribution is 2.37. The van der Waals surface area contributed by atoms with Gasteiger partial charge in [-0.3, -0.25) is 4.79 Å². The van der Waals surface area contributed by atoms with Gasteiger partial charge in [-0.2, -0.15) is 0 Å². The van der Waals surface area contributed by atoms with Gasteiger partial charge in [0.15, 0.2) is 0 Å². The maximum absolute atomic E-state index is 13.3. The molecule has 0 saturated heterocycles. The molecule has 1 N–H and O–H groups in total. The van der Waals surface area contributed by atoms with Crippen molar-refractivity contribution in [3.63, 3.8) is 0 Å². The van der Waals surface area contributed by atoms with Gasteiger partial charge in [-0.05, 0) is 52.0 Å². The number of phenolic OH excluding ortho intramolecular Hbond substituents is 1. The molecule has 1 aliphatic rings. The predicted molar refractivity (Wildman–Crippen MR) is 140 cm³/mol. The quantitative estimate of drug-likeness (QED) is 0.538. The van der Waals surface area contributed by atoms with Crippen LogP contribution in [0.4, 0.5) is 0 Å². The standard InChI is InChI=1S/C29H35NO3Si/c1-22-27-16-15-24(31)21-23(27)17-18-30(28(22)32)19-20-33-34(29(2,3)4,25-11-7-5-8-12-25)26-13-9-6-10-14-26/h5-16,21-22,31H,17-20H2,1-4H3. The molecule has 1 amide bonds. The van der Waals surface area contributed by atoms with Gasteiger partial charge >= 0.3 is 0 Å². The van der Waals surface area contributed by atoms with Gasteiger partial charge in [0.1, 0.15) is 5.75 Å². The highest BCUT2D eigenvalue weighted by atomic mass is 28.4. The fourth-order valence-electron chi connectivity index (χ4n) is 5.30. The first-order valence-electron chi connectivity index (χ1n) is 12.1. The van der Waals surface area contributed by atoms with Gasteiger partial charge in [-0.25, -0.2) is 0 Å². The Balaban J connectivity index is 1.60. The monoisotopic (exact) mass is 473 g/mol. The van der Waals surface area contributed by atoms with Gasteiger partial charge in [-0.1, -0.05) is 87.5 Å². The average Bonchev–Trinajstić information content (AvgIpc) is 2.94. The fourth-order valence-corrected chi connectivity index (χ4v) is 9.85. The summed E-state index contributed by atoms with van der Waals surface area (Å²) in [6.45, 7) is 10.4. The van der Waals surface area contributed by atoms with Crippen LogP contribution in [0.25, 0.3) is 0 Å². The molecule has 1 unspecified atom stereocenters. The Kier molecular flexibility index (Phi) is 6.96. The van der Waals surface area contributed by atoms with E-state index in [0.717, 1.165) is 17.5 Å². The summed E-state index contributed by atoms with van der Waals surface area (Å²) in [5, 5.41) is 12.3. The minimum atomic E-state index is -2.63. The molecule has 0 saturated carbocycles. The molecule has 1 aliphatic heterocycles. The molecular weight excluding hydrogens is 438 g/mol. The van der Waals surface area contributed by atoms with E-state index in [1.54, 1.807) is 12.1 Å². The number of nitrogens with zero attached hydrogens (tertiary/aromatic N) is 1. The van der Waals surface area contributed by atoms with E-state index in [9.17, 15) is 9.90 Å². The fraction of sp³-hybridized carbons (Fsp3) is 0.345. The second-order valence-corrected chi connectivity index (χ2v) is 14.5. The van der Waals surface area contributed by atoms with Gasteiger partial charge in [0.05, 0.1) is 12.5 Å². The van der Waals surface area contributed by atoms with E-state index < -0.39 is 8.32 Å². The number of hydrogen-bond donors (Lipinski definition) is 1. The van der Waals surface area contributed by atoms with Gasteiger partial charge in [0.25, 0.3) is 8.32 Å². The van der Waals surface area contributed by atoms with Crippen LogP contribution in [-0.2, 0) is 15.6 Å². The molecule has 1 atom stereocenters. The number of carbonyl (C=O) groups excluding carboxylic acids is 1. The number of amides is 1. The molecule has 4 rings (SSSR count). The summed E-state index contributed by atoms with van der Waals surface area (Å²) in [7, 11) is -2.63. The largest absolute Gasteiger partial charge is 0.508 e. The van der Waals surface area contributed by atoms with E-state index >= 15 is 0 Å². The molecule has 0 fully saturated rings. The van der Waals surface area contributed by atoms with Crippen LogP contribution >= 0.6 is 0 Å². The van der Waals surface area contributed by atoms with E-state index in [2.05, 4.69) is 69.3 Å². The molecule has 4 nitrogen and oxygen atoms in total. The van der Waals surface area contributed by atoms with Crippen LogP contribution in [-0.4, -0.2) is 43.9 Å². The molecule has 0 spiro atoms. The lowest BCUT2D eigenvalue weighted by Crippen LogP contribution is -2.67. The van der Waals surface area contributed by atoms with Crippen LogP contribution in [0.1, 0.15) is 44.7 Å². The summed E-state index contributed by atoms with van der Waals surface area (Å²) in [6, 6.07) is 26.5. The van der Waals surface area contributed by atoms with E-state index in [0.29, 0.717) is 19.7 Å². The van der Waals surface area contributed by atoms with Crippen LogP contribution in [0.2, 0.25) is 5.04 Å². The summed E-state index contributed by atoms with van der Waals surface area (Å²) < 4.78 is 6.99. The second-order valence-electron chi connectivity index (χ2n) is 10.2. The van der Waals surface area contributed by atoms with Crippen LogP contribution in [0.5, 0.6) is 5.75 Å². The van der Waals surface area contributed by atoms with Crippen molar-refractivity contribution in [1.29, 1.82) is 0 Å². The van der Waals surface area contributed by atoms with Crippen molar-refractivity contribution in [3.8, 4) is 5.75 Å². The minimum Gasteiger partial charge on any atom is -0.508 e. The minimum absolute atomic E-state index is 0.0977. The summed E-state index contributed by atoms with van der Waals surface area (Å²) >= 11 is 0. The number of aromatic hydroxyl groups is 1. The average molecular weight is 474 g/mol. The molecule has 3 aromatic carbocycles. The van der Waals surface area contributed by atoms with E-state index in [1.807, 2.05) is 30.0 Å². The first-order valence-corrected chi connectivity index (χ1v) is 14.0. The Morgan fingerprint density at radius 1 is 0.971 bits per heavy atom. The van der Waals surface area contributed by atoms with Crippen molar-refractivity contribution in [2.45, 2.75) is 45.1 Å². The molecule has 1 heterocycles. The lowest BCUT2D eigenvalue weighted by molar-refractivity contribution is -0.132. The first-order chi connectivity index (χ1) is 16.2. The molecule has 34 heavy (non-hydrogen) atoms. The van der Waals surface area contributed by atoms with E-state index in [-0.39, 0.29) is 22.6 Å². The SMILES string of the molecule is CC1C(=O)N(CCO[Si](c2ccccc2)(c2ccccc2)C(C)(C)C)CCc2cc(O)ccc21. The Morgan fingerprint density at radius 2 is 1.56 bits per heavy atom. The van der Waals surface area contributed by atoms with Crippen molar-refractivity contribution in [1.82, 2.24) is 4.90 Å². The molecule has 0 aliphatic carbocycles. The van der Waals surface area contributed by atoms with Crippen LogP contribution in [0.15, 0.2) is 78.9 Å². The summed E-state index contributed by atoms with van der Waals surface area (Å²) in [4.78, 5) is 15.2. The zero-order valence-corrected chi connectivity index (χ0v) is 21.6. The zero-order chi connectivity index (χ0) is 24.3. The third-order valence-corrected chi connectivity index (χ3v) is 12.1. The van der Waals surface area contributed by atoms with Gasteiger partial charge in [0.2, 0.25) is 5.91 Å². The van der Waals surface area contributed by atoms with Crippen LogP contribution in [0.3, 0.4) is 0 Å². The number of fused-ring (bicyclic) bond motifs is 1. The van der Waals surface area contributed by atoms with Crippen molar-refractivity contribution >= 4 is 24.6 Å². The molecule has 0 bridgehead atoms. The lowest BCUT2D eigenvalue weighted by Gasteiger charge is -2.43. The molecular formula is C29H35NO3Si. The maximum Gasteiger partial charge on any atom is 0.261 e. The van der Waals surface area contributed by atoms with E-state index in [1.165, 1.54) is 10.4 Å². The zero-order valence-electron chi connectivity index (χ0n) is 20.6. The number of phenols is 1. The number of hydrogen-bond acceptors (Lipinski definition) is 3. The Morgan fingerprint density at radius 3 is 2.12 bits per heavy atom. The highest BCUT2D eigenvalue weighted by molar-refractivity contribution is 6.99. The topological polar surface area (TPSA) is 49.8 Å². The molecule has 5 heteroatoms. The Bertz CT molecular complexity index is 1090. The normalized spacial score (nSPS) is 16.8. The summed E-state index contributed by atoms with van der Waals surface area (Å²) in [6.07, 6.45) is 0.735. The Labute approximate surface area is 204 Å². The second kappa shape index (κ2) is 9.77. The lowest BCUT2D eigenvalue weighted by atomic mass is 9.95. The van der Waals surface area contributed by atoms with Gasteiger partial charge < -0.3 is 14.4 Å². The molecule has 3 aromatic rings. The third-order valence-electron chi connectivity index (χ3n) is 7.02. The van der Waals surface area contributed by atoms with Crippen LogP contribution in [0, 0.1) is 0 Å². The van der Waals surface area contributed by atoms with Crippen molar-refractivity contribution in [2.24, 2.45) is 0 Å². The summed E-state index contributed by atoms with van der Waals surface area (Å²) in [5.41, 5.74) is 2.06. The van der Waals surface area contributed by atoms with E-state index in [4.69, 9.17) is 4.43 Å². The molecule has 0 radical (unpaired) electrons. The predicted octanol–water partition coefficient (Wildman–Crippen LogP) is 4.46. The number of carbonyl (C=O) groups is 1. The van der Waals surface area contributed by atoms with Crippen molar-refractivity contribution in [2.75, 3.05) is 19.7 Å². The number of benzene rings is 3. The van der Waals surface area contributed by atoms with Gasteiger partial charge in [-0.15, -0.1) is 0 Å². The Hall–Kier alpha value is -2.89. The summed E-state index contributed by atoms with van der Waals surface area (Å²) in [5.74, 6) is 0.142. The highest BCUT2D eigenvalue weighted by Gasteiger charge is 2.50. The number of rotatable bonds is 6. The van der Waals surface area contributed by atoms with Gasteiger partial charge in [0, 0.05) is 13.1 Å². The third kappa shape index (κ3) is 4.55. The first kappa shape index (κ1) is 24.2. The van der Waals surface area contributed by atoms with Crippen LogP contribution < -0.4 is 10.4 Å². The maximum atomic E-state index is 13.3. The smallest absolute Gasteiger partial charge is 0.261 e. The molecule has 178 valence electrons. The van der Waals surface area contributed by atoms with Crippen molar-refractivity contribution in [3.05, 3.63) is 90.0 Å². The molecule has 0 aromatic heterocycles.